The van der Waals surface area contributed by atoms with Gasteiger partial charge < -0.3 is 4.74 Å². The highest BCUT2D eigenvalue weighted by Gasteiger charge is 2.35. The smallest absolute Gasteiger partial charge is 0.406 e. The van der Waals surface area contributed by atoms with E-state index in [0.717, 1.165) is 18.6 Å². The van der Waals surface area contributed by atoms with E-state index in [-0.39, 0.29) is 10.9 Å². The first-order valence-corrected chi connectivity index (χ1v) is 9.41. The predicted octanol–water partition coefficient (Wildman–Crippen LogP) is 2.42. The Balaban J connectivity index is 1.86. The Morgan fingerprint density at radius 1 is 1.27 bits per heavy atom. The molecule has 1 aliphatic heterocycles. The van der Waals surface area contributed by atoms with Crippen molar-refractivity contribution in [2.24, 2.45) is 0 Å². The fourth-order valence-corrected chi connectivity index (χ4v) is 4.71. The molecular formula is C15H17F3N4O3S. The zero-order chi connectivity index (χ0) is 18.8. The molecule has 1 saturated heterocycles. The van der Waals surface area contributed by atoms with Crippen LogP contribution in [0.3, 0.4) is 0 Å². The molecule has 1 fully saturated rings. The molecule has 0 aliphatic carbocycles. The van der Waals surface area contributed by atoms with E-state index >= 15 is 0 Å². The minimum absolute atomic E-state index is 0.232. The first-order chi connectivity index (χ1) is 12.3. The molecule has 142 valence electrons. The zero-order valence-corrected chi connectivity index (χ0v) is 14.4. The zero-order valence-electron chi connectivity index (χ0n) is 13.6. The van der Waals surface area contributed by atoms with Crippen LogP contribution in [0.5, 0.6) is 5.75 Å². The van der Waals surface area contributed by atoms with Crippen molar-refractivity contribution < 1.29 is 26.3 Å². The summed E-state index contributed by atoms with van der Waals surface area (Å²) in [7, 11) is -3.97. The molecule has 7 nitrogen and oxygen atoms in total. The maximum Gasteiger partial charge on any atom is 0.573 e. The first-order valence-electron chi connectivity index (χ1n) is 7.97. The number of nitrogens with zero attached hydrogens (tertiary/aromatic N) is 4. The van der Waals surface area contributed by atoms with Crippen molar-refractivity contribution in [1.82, 2.24) is 19.3 Å². The lowest BCUT2D eigenvalue weighted by atomic mass is 10.1. The second-order valence-electron chi connectivity index (χ2n) is 5.91. The predicted molar refractivity (Wildman–Crippen MR) is 84.7 cm³/mol. The van der Waals surface area contributed by atoms with E-state index in [1.54, 1.807) is 10.9 Å². The topological polar surface area (TPSA) is 77.3 Å². The van der Waals surface area contributed by atoms with Crippen LogP contribution in [0.25, 0.3) is 0 Å². The van der Waals surface area contributed by atoms with Crippen LogP contribution in [0, 0.1) is 0 Å². The van der Waals surface area contributed by atoms with E-state index < -0.39 is 22.1 Å². The lowest BCUT2D eigenvalue weighted by molar-refractivity contribution is -0.274. The van der Waals surface area contributed by atoms with Gasteiger partial charge in [-0.1, -0.05) is 17.7 Å². The normalized spacial score (nSPS) is 19.4. The van der Waals surface area contributed by atoms with Gasteiger partial charge in [-0.3, -0.25) is 4.68 Å². The molecule has 0 amide bonds. The van der Waals surface area contributed by atoms with E-state index in [1.165, 1.54) is 22.6 Å². The van der Waals surface area contributed by atoms with Crippen LogP contribution in [0.15, 0.2) is 41.6 Å². The minimum Gasteiger partial charge on any atom is -0.406 e. The number of halogens is 3. The van der Waals surface area contributed by atoms with Crippen molar-refractivity contribution in [3.05, 3.63) is 36.7 Å². The highest BCUT2D eigenvalue weighted by Crippen LogP contribution is 2.29. The molecule has 1 aromatic carbocycles. The Hall–Kier alpha value is -2.14. The van der Waals surface area contributed by atoms with E-state index in [2.05, 4.69) is 15.0 Å². The number of rotatable bonds is 5. The molecule has 0 saturated carbocycles. The van der Waals surface area contributed by atoms with Gasteiger partial charge in [0, 0.05) is 24.8 Å². The van der Waals surface area contributed by atoms with E-state index in [9.17, 15) is 21.6 Å². The number of aromatic nitrogens is 3. The van der Waals surface area contributed by atoms with Crippen molar-refractivity contribution in [2.45, 2.75) is 43.1 Å². The third-order valence-electron chi connectivity index (χ3n) is 4.09. The van der Waals surface area contributed by atoms with Gasteiger partial charge in [0.25, 0.3) is 0 Å². The molecule has 0 radical (unpaired) electrons. The lowest BCUT2D eigenvalue weighted by Gasteiger charge is -2.34. The molecule has 1 aliphatic rings. The van der Waals surface area contributed by atoms with Gasteiger partial charge >= 0.3 is 6.36 Å². The van der Waals surface area contributed by atoms with Crippen LogP contribution < -0.4 is 4.74 Å². The van der Waals surface area contributed by atoms with Crippen molar-refractivity contribution in [2.75, 3.05) is 6.54 Å². The molecule has 1 unspecified atom stereocenters. The SMILES string of the molecule is O=S(=O)(c1cccc(OC(F)(F)F)c1)N1CCCCC1Cn1ccnn1. The largest absolute Gasteiger partial charge is 0.573 e. The molecule has 2 aromatic rings. The van der Waals surface area contributed by atoms with Crippen LogP contribution in [-0.4, -0.2) is 46.7 Å². The maximum atomic E-state index is 13.0. The van der Waals surface area contributed by atoms with Crippen LogP contribution in [0.1, 0.15) is 19.3 Å². The average Bonchev–Trinajstić information content (AvgIpc) is 3.07. The molecule has 3 rings (SSSR count). The number of hydrogen-bond donors (Lipinski definition) is 0. The Labute approximate surface area is 148 Å². The second-order valence-corrected chi connectivity index (χ2v) is 7.80. The summed E-state index contributed by atoms with van der Waals surface area (Å²) in [6, 6.07) is 4.10. The summed E-state index contributed by atoms with van der Waals surface area (Å²) in [5.74, 6) is -0.566. The first kappa shape index (κ1) is 18.6. The van der Waals surface area contributed by atoms with Gasteiger partial charge in [-0.2, -0.15) is 4.31 Å². The maximum absolute atomic E-state index is 13.0. The van der Waals surface area contributed by atoms with Gasteiger partial charge in [-0.05, 0) is 25.0 Å². The molecule has 2 heterocycles. The van der Waals surface area contributed by atoms with Gasteiger partial charge in [0.1, 0.15) is 5.75 Å². The Kier molecular flexibility index (Phi) is 5.19. The van der Waals surface area contributed by atoms with Crippen LogP contribution in [0.2, 0.25) is 0 Å². The highest BCUT2D eigenvalue weighted by molar-refractivity contribution is 7.89. The molecule has 0 bridgehead atoms. The Morgan fingerprint density at radius 2 is 2.08 bits per heavy atom. The van der Waals surface area contributed by atoms with Gasteiger partial charge in [-0.15, -0.1) is 18.3 Å². The summed E-state index contributed by atoms with van der Waals surface area (Å²) in [5, 5.41) is 7.55. The summed E-state index contributed by atoms with van der Waals surface area (Å²) in [4.78, 5) is -0.232. The summed E-state index contributed by atoms with van der Waals surface area (Å²) >= 11 is 0. The van der Waals surface area contributed by atoms with Crippen molar-refractivity contribution in [1.29, 1.82) is 0 Å². The van der Waals surface area contributed by atoms with E-state index in [4.69, 9.17) is 0 Å². The fraction of sp³-hybridized carbons (Fsp3) is 0.467. The number of sulfonamides is 1. The van der Waals surface area contributed by atoms with Gasteiger partial charge in [0.05, 0.1) is 17.6 Å². The third-order valence-corrected chi connectivity index (χ3v) is 6.04. The van der Waals surface area contributed by atoms with E-state index in [0.29, 0.717) is 25.9 Å². The molecule has 1 aromatic heterocycles. The molecule has 1 atom stereocenters. The van der Waals surface area contributed by atoms with Crippen molar-refractivity contribution >= 4 is 10.0 Å². The Morgan fingerprint density at radius 3 is 2.77 bits per heavy atom. The average molecular weight is 390 g/mol. The quantitative estimate of drug-likeness (QED) is 0.784. The number of alkyl halides is 3. The van der Waals surface area contributed by atoms with Gasteiger partial charge in [0.2, 0.25) is 10.0 Å². The Bertz CT molecular complexity index is 840. The van der Waals surface area contributed by atoms with Crippen LogP contribution in [-0.2, 0) is 16.6 Å². The fourth-order valence-electron chi connectivity index (χ4n) is 2.99. The van der Waals surface area contributed by atoms with Crippen LogP contribution >= 0.6 is 0 Å². The van der Waals surface area contributed by atoms with Crippen molar-refractivity contribution in [3.8, 4) is 5.75 Å². The summed E-state index contributed by atoms with van der Waals surface area (Å²) < 4.78 is 69.9. The molecule has 11 heteroatoms. The molecule has 0 N–H and O–H groups in total. The van der Waals surface area contributed by atoms with Gasteiger partial charge in [0.15, 0.2) is 0 Å². The molecule has 26 heavy (non-hydrogen) atoms. The third kappa shape index (κ3) is 4.33. The summed E-state index contributed by atoms with van der Waals surface area (Å²) in [6.45, 7) is 0.629. The summed E-state index contributed by atoms with van der Waals surface area (Å²) in [5.41, 5.74) is 0. The number of piperidine rings is 1. The number of hydrogen-bond acceptors (Lipinski definition) is 5. The number of benzene rings is 1. The lowest BCUT2D eigenvalue weighted by Crippen LogP contribution is -2.45. The van der Waals surface area contributed by atoms with Gasteiger partial charge in [-0.25, -0.2) is 8.42 Å². The second kappa shape index (κ2) is 7.23. The summed E-state index contributed by atoms with van der Waals surface area (Å²) in [6.07, 6.45) is 0.437. The number of ether oxygens (including phenoxy) is 1. The monoisotopic (exact) mass is 390 g/mol. The minimum atomic E-state index is -4.89. The van der Waals surface area contributed by atoms with E-state index in [1.807, 2.05) is 0 Å². The highest BCUT2D eigenvalue weighted by atomic mass is 32.2. The molecular weight excluding hydrogens is 373 g/mol. The van der Waals surface area contributed by atoms with Crippen molar-refractivity contribution in [3.63, 3.8) is 0 Å². The molecule has 0 spiro atoms. The van der Waals surface area contributed by atoms with Crippen LogP contribution in [0.4, 0.5) is 13.2 Å². The standard InChI is InChI=1S/C15H17F3N4O3S/c16-15(17,18)25-13-5-3-6-14(10-13)26(23,24)22-8-2-1-4-12(22)11-21-9-7-19-20-21/h3,5-7,9-10,12H,1-2,4,8,11H2.